The summed E-state index contributed by atoms with van der Waals surface area (Å²) in [5.74, 6) is -0.670. The molecule has 0 amide bonds. The smallest absolute Gasteiger partial charge is 0.240 e. The largest absolute Gasteiger partial charge is 0.389 e. The zero-order valence-electron chi connectivity index (χ0n) is 11.6. The minimum absolute atomic E-state index is 0.114. The Hall–Kier alpha value is -0.900. The fourth-order valence-corrected chi connectivity index (χ4v) is 3.19. The fourth-order valence-electron chi connectivity index (χ4n) is 1.51. The Balaban J connectivity index is 2.86. The van der Waals surface area contributed by atoms with Crippen molar-refractivity contribution in [1.29, 1.82) is 0 Å². The predicted molar refractivity (Wildman–Crippen MR) is 85.6 cm³/mol. The summed E-state index contributed by atoms with van der Waals surface area (Å²) in [6, 6.07) is 3.25. The first-order valence-corrected chi connectivity index (χ1v) is 9.57. The third-order valence-corrected chi connectivity index (χ3v) is 5.97. The van der Waals surface area contributed by atoms with E-state index in [4.69, 9.17) is 5.73 Å². The van der Waals surface area contributed by atoms with Crippen molar-refractivity contribution in [3.63, 3.8) is 0 Å². The van der Waals surface area contributed by atoms with Gasteiger partial charge in [-0.15, -0.1) is 0 Å². The molecule has 0 saturated carbocycles. The lowest BCUT2D eigenvalue weighted by atomic mass is 10.2. The van der Waals surface area contributed by atoms with Crippen LogP contribution in [0.2, 0.25) is 0 Å². The van der Waals surface area contributed by atoms with Crippen molar-refractivity contribution in [3.8, 4) is 0 Å². The molecule has 0 radical (unpaired) electrons. The van der Waals surface area contributed by atoms with Gasteiger partial charge in [0, 0.05) is 34.4 Å². The number of rotatable bonds is 7. The van der Waals surface area contributed by atoms with E-state index in [1.807, 2.05) is 0 Å². The highest BCUT2D eigenvalue weighted by molar-refractivity contribution is 7.89. The molecule has 1 rings (SSSR count). The van der Waals surface area contributed by atoms with Crippen molar-refractivity contribution < 1.29 is 17.0 Å². The van der Waals surface area contributed by atoms with Crippen molar-refractivity contribution in [3.05, 3.63) is 29.6 Å². The second-order valence-electron chi connectivity index (χ2n) is 4.50. The molecule has 0 bridgehead atoms. The van der Waals surface area contributed by atoms with Crippen LogP contribution in [0.1, 0.15) is 18.9 Å². The van der Waals surface area contributed by atoms with E-state index in [1.54, 1.807) is 13.2 Å². The zero-order valence-corrected chi connectivity index (χ0v) is 14.1. The Morgan fingerprint density at radius 2 is 2.14 bits per heavy atom. The molecule has 5 nitrogen and oxygen atoms in total. The Labute approximate surface area is 131 Å². The second-order valence-corrected chi connectivity index (χ2v) is 8.51. The molecule has 3 N–H and O–H groups in total. The van der Waals surface area contributed by atoms with Crippen LogP contribution in [-0.4, -0.2) is 35.7 Å². The molecule has 0 aliphatic rings. The maximum atomic E-state index is 13.4. The average molecular weight is 352 g/mol. The lowest BCUT2D eigenvalue weighted by Gasteiger charge is -2.11. The molecule has 0 aliphatic carbocycles. The highest BCUT2D eigenvalue weighted by Crippen LogP contribution is 2.15. The molecule has 0 heterocycles. The van der Waals surface area contributed by atoms with Gasteiger partial charge in [0.1, 0.15) is 10.8 Å². The van der Waals surface area contributed by atoms with Crippen LogP contribution >= 0.6 is 12.2 Å². The second kappa shape index (κ2) is 7.39. The van der Waals surface area contributed by atoms with Gasteiger partial charge in [0.05, 0.1) is 4.90 Å². The number of hydrogen-bond acceptors (Lipinski definition) is 4. The van der Waals surface area contributed by atoms with E-state index in [1.165, 1.54) is 0 Å². The molecule has 9 heteroatoms. The van der Waals surface area contributed by atoms with Gasteiger partial charge in [-0.05, 0) is 24.6 Å². The van der Waals surface area contributed by atoms with Crippen LogP contribution in [0.3, 0.4) is 0 Å². The van der Waals surface area contributed by atoms with Crippen molar-refractivity contribution in [2.75, 3.05) is 12.8 Å². The molecular weight excluding hydrogens is 335 g/mol. The summed E-state index contributed by atoms with van der Waals surface area (Å²) in [7, 11) is -4.80. The van der Waals surface area contributed by atoms with Crippen molar-refractivity contribution >= 4 is 38.0 Å². The average Bonchev–Trinajstić information content (AvgIpc) is 2.38. The molecule has 2 atom stereocenters. The molecule has 118 valence electrons. The van der Waals surface area contributed by atoms with Crippen molar-refractivity contribution in [1.82, 2.24) is 4.72 Å². The monoisotopic (exact) mass is 352 g/mol. The Bertz CT molecular complexity index is 662. The summed E-state index contributed by atoms with van der Waals surface area (Å²) >= 11 is 4.67. The van der Waals surface area contributed by atoms with Gasteiger partial charge in [-0.1, -0.05) is 19.1 Å². The first-order valence-electron chi connectivity index (χ1n) is 6.06. The summed E-state index contributed by atoms with van der Waals surface area (Å²) in [5, 5.41) is -0.118. The predicted octanol–water partition coefficient (Wildman–Crippen LogP) is 0.895. The third kappa shape index (κ3) is 5.10. The number of halogens is 1. The lowest BCUT2D eigenvalue weighted by molar-refractivity contribution is 0.577. The Kier molecular flexibility index (Phi) is 6.39. The van der Waals surface area contributed by atoms with Gasteiger partial charge in [-0.25, -0.2) is 17.5 Å². The highest BCUT2D eigenvalue weighted by Gasteiger charge is 2.17. The molecule has 2 unspecified atom stereocenters. The van der Waals surface area contributed by atoms with E-state index in [9.17, 15) is 17.0 Å². The van der Waals surface area contributed by atoms with E-state index in [2.05, 4.69) is 16.9 Å². The topological polar surface area (TPSA) is 89.3 Å². The normalized spacial score (nSPS) is 14.6. The molecule has 1 aromatic rings. The zero-order chi connectivity index (χ0) is 16.2. The number of sulfonamides is 1. The molecular formula is C12H17FN2O3S3. The highest BCUT2D eigenvalue weighted by atomic mass is 32.2. The SMILES string of the molecule is CC(CCNS(=O)(=O)c1ccc(F)c(C(N)=S)c1)S(C)=O. The van der Waals surface area contributed by atoms with Gasteiger partial charge < -0.3 is 5.73 Å². The molecule has 0 spiro atoms. The summed E-state index contributed by atoms with van der Waals surface area (Å²) in [5.41, 5.74) is 5.23. The quantitative estimate of drug-likeness (QED) is 0.712. The molecule has 1 aromatic carbocycles. The van der Waals surface area contributed by atoms with E-state index in [0.29, 0.717) is 6.42 Å². The van der Waals surface area contributed by atoms with Crippen LogP contribution in [0, 0.1) is 5.82 Å². The van der Waals surface area contributed by atoms with Gasteiger partial charge in [0.25, 0.3) is 0 Å². The van der Waals surface area contributed by atoms with Gasteiger partial charge in [-0.3, -0.25) is 4.21 Å². The van der Waals surface area contributed by atoms with Gasteiger partial charge in [-0.2, -0.15) is 0 Å². The number of benzene rings is 1. The first-order chi connectivity index (χ1) is 9.65. The summed E-state index contributed by atoms with van der Waals surface area (Å²) in [4.78, 5) is -0.323. The molecule has 0 saturated heterocycles. The summed E-state index contributed by atoms with van der Waals surface area (Å²) < 4.78 is 51.2. The van der Waals surface area contributed by atoms with Gasteiger partial charge >= 0.3 is 0 Å². The summed E-state index contributed by atoms with van der Waals surface area (Å²) in [6.07, 6.45) is 2.00. The third-order valence-electron chi connectivity index (χ3n) is 2.92. The Morgan fingerprint density at radius 1 is 1.52 bits per heavy atom. The van der Waals surface area contributed by atoms with Crippen LogP contribution < -0.4 is 10.5 Å². The maximum Gasteiger partial charge on any atom is 0.240 e. The van der Waals surface area contributed by atoms with Crippen LogP contribution in [0.5, 0.6) is 0 Å². The standard InChI is InChI=1S/C12H17FN2O3S3/c1-8(20(2)16)5-6-15-21(17,18)9-3-4-11(13)10(7-9)12(14)19/h3-4,7-8,15H,5-6H2,1-2H3,(H2,14,19). The fraction of sp³-hybridized carbons (Fsp3) is 0.417. The number of thiocarbonyl (C=S) groups is 1. The van der Waals surface area contributed by atoms with E-state index >= 15 is 0 Å². The van der Waals surface area contributed by atoms with Crippen LogP contribution in [-0.2, 0) is 20.8 Å². The van der Waals surface area contributed by atoms with Crippen LogP contribution in [0.4, 0.5) is 4.39 Å². The summed E-state index contributed by atoms with van der Waals surface area (Å²) in [6.45, 7) is 1.91. The molecule has 21 heavy (non-hydrogen) atoms. The Morgan fingerprint density at radius 3 is 2.67 bits per heavy atom. The van der Waals surface area contributed by atoms with E-state index in [-0.39, 0.29) is 27.2 Å². The number of nitrogens with one attached hydrogen (secondary N) is 1. The van der Waals surface area contributed by atoms with E-state index in [0.717, 1.165) is 18.2 Å². The minimum Gasteiger partial charge on any atom is -0.389 e. The lowest BCUT2D eigenvalue weighted by Crippen LogP contribution is -2.28. The first kappa shape index (κ1) is 18.1. The van der Waals surface area contributed by atoms with Gasteiger partial charge in [0.15, 0.2) is 0 Å². The van der Waals surface area contributed by atoms with Crippen molar-refractivity contribution in [2.24, 2.45) is 5.73 Å². The van der Waals surface area contributed by atoms with Crippen molar-refractivity contribution in [2.45, 2.75) is 23.5 Å². The molecule has 0 aromatic heterocycles. The van der Waals surface area contributed by atoms with Crippen LogP contribution in [0.25, 0.3) is 0 Å². The number of hydrogen-bond donors (Lipinski definition) is 2. The van der Waals surface area contributed by atoms with Crippen LogP contribution in [0.15, 0.2) is 23.1 Å². The maximum absolute atomic E-state index is 13.4. The van der Waals surface area contributed by atoms with E-state index < -0.39 is 26.6 Å². The van der Waals surface area contributed by atoms with Gasteiger partial charge in [0.2, 0.25) is 10.0 Å². The molecule has 0 aliphatic heterocycles. The molecule has 0 fully saturated rings. The minimum atomic E-state index is -3.79. The number of nitrogens with two attached hydrogens (primary N) is 1.